The van der Waals surface area contributed by atoms with Crippen LogP contribution in [0.15, 0.2) is 63.8 Å². The highest BCUT2D eigenvalue weighted by molar-refractivity contribution is 5.80. The highest BCUT2D eigenvalue weighted by Crippen LogP contribution is 2.21. The summed E-state index contributed by atoms with van der Waals surface area (Å²) in [5, 5.41) is 10.3. The van der Waals surface area contributed by atoms with E-state index in [4.69, 9.17) is 4.42 Å². The largest absolute Gasteiger partial charge is 0.502 e. The van der Waals surface area contributed by atoms with E-state index in [9.17, 15) is 9.90 Å². The monoisotopic (exact) mass is 264 g/mol. The second-order valence-electron chi connectivity index (χ2n) is 4.38. The zero-order chi connectivity index (χ0) is 13.9. The lowest BCUT2D eigenvalue weighted by Gasteiger charge is -2.01. The molecule has 1 aromatic heterocycles. The SMILES string of the molecule is O=c1c(O)c(C=Cc2ccccc2)oc2ccccc12. The van der Waals surface area contributed by atoms with Gasteiger partial charge in [0, 0.05) is 0 Å². The third-order valence-corrected chi connectivity index (χ3v) is 3.03. The summed E-state index contributed by atoms with van der Waals surface area (Å²) in [6.45, 7) is 0. The number of rotatable bonds is 2. The average Bonchev–Trinajstić information content (AvgIpc) is 2.50. The molecule has 3 aromatic rings. The van der Waals surface area contributed by atoms with Gasteiger partial charge in [-0.2, -0.15) is 0 Å². The second kappa shape index (κ2) is 5.05. The molecule has 3 rings (SSSR count). The van der Waals surface area contributed by atoms with Crippen LogP contribution in [0.1, 0.15) is 11.3 Å². The quantitative estimate of drug-likeness (QED) is 0.768. The topological polar surface area (TPSA) is 50.4 Å². The highest BCUT2D eigenvalue weighted by Gasteiger charge is 2.10. The van der Waals surface area contributed by atoms with Crippen LogP contribution < -0.4 is 5.43 Å². The summed E-state index contributed by atoms with van der Waals surface area (Å²) < 4.78 is 5.56. The Morgan fingerprint density at radius 2 is 1.60 bits per heavy atom. The van der Waals surface area contributed by atoms with E-state index in [1.165, 1.54) is 0 Å². The van der Waals surface area contributed by atoms with E-state index in [-0.39, 0.29) is 11.5 Å². The molecule has 0 saturated carbocycles. The Bertz CT molecular complexity index is 830. The van der Waals surface area contributed by atoms with E-state index in [0.717, 1.165) is 5.56 Å². The van der Waals surface area contributed by atoms with Gasteiger partial charge < -0.3 is 9.52 Å². The van der Waals surface area contributed by atoms with Gasteiger partial charge in [-0.15, -0.1) is 0 Å². The van der Waals surface area contributed by atoms with Crippen molar-refractivity contribution < 1.29 is 9.52 Å². The number of fused-ring (bicyclic) bond motifs is 1. The average molecular weight is 264 g/mol. The molecule has 3 nitrogen and oxygen atoms in total. The molecule has 98 valence electrons. The summed E-state index contributed by atoms with van der Waals surface area (Å²) in [6, 6.07) is 16.4. The first kappa shape index (κ1) is 12.2. The van der Waals surface area contributed by atoms with E-state index in [1.807, 2.05) is 30.3 Å². The maximum absolute atomic E-state index is 12.0. The molecule has 20 heavy (non-hydrogen) atoms. The number of hydrogen-bond donors (Lipinski definition) is 1. The van der Waals surface area contributed by atoms with E-state index in [2.05, 4.69) is 0 Å². The van der Waals surface area contributed by atoms with Crippen LogP contribution in [-0.4, -0.2) is 5.11 Å². The van der Waals surface area contributed by atoms with Gasteiger partial charge in [0.05, 0.1) is 5.39 Å². The first-order valence-corrected chi connectivity index (χ1v) is 6.23. The fourth-order valence-electron chi connectivity index (χ4n) is 2.00. The number of aromatic hydroxyl groups is 1. The van der Waals surface area contributed by atoms with E-state index < -0.39 is 5.43 Å². The fraction of sp³-hybridized carbons (Fsp3) is 0. The molecule has 3 heteroatoms. The molecule has 0 aliphatic rings. The summed E-state index contributed by atoms with van der Waals surface area (Å²) in [6.07, 6.45) is 3.38. The first-order chi connectivity index (χ1) is 9.75. The van der Waals surface area contributed by atoms with Crippen molar-refractivity contribution >= 4 is 23.1 Å². The minimum atomic E-state index is -0.417. The highest BCUT2D eigenvalue weighted by atomic mass is 16.4. The van der Waals surface area contributed by atoms with Crippen LogP contribution in [0.2, 0.25) is 0 Å². The number of benzene rings is 2. The minimum absolute atomic E-state index is 0.164. The van der Waals surface area contributed by atoms with Crippen molar-refractivity contribution in [2.24, 2.45) is 0 Å². The van der Waals surface area contributed by atoms with Gasteiger partial charge in [-0.3, -0.25) is 4.79 Å². The Hall–Kier alpha value is -2.81. The molecular formula is C17H12O3. The third kappa shape index (κ3) is 2.21. The van der Waals surface area contributed by atoms with Crippen molar-refractivity contribution in [3.05, 3.63) is 76.1 Å². The van der Waals surface area contributed by atoms with Crippen LogP contribution in [0.5, 0.6) is 5.75 Å². The molecule has 1 heterocycles. The van der Waals surface area contributed by atoms with Crippen molar-refractivity contribution in [3.63, 3.8) is 0 Å². The lowest BCUT2D eigenvalue weighted by atomic mass is 10.1. The number of hydrogen-bond acceptors (Lipinski definition) is 3. The van der Waals surface area contributed by atoms with E-state index in [1.54, 1.807) is 36.4 Å². The van der Waals surface area contributed by atoms with E-state index >= 15 is 0 Å². The molecule has 0 aliphatic heterocycles. The third-order valence-electron chi connectivity index (χ3n) is 3.03. The minimum Gasteiger partial charge on any atom is -0.502 e. The van der Waals surface area contributed by atoms with Gasteiger partial charge in [0.15, 0.2) is 5.76 Å². The van der Waals surface area contributed by atoms with Gasteiger partial charge in [0.25, 0.3) is 0 Å². The van der Waals surface area contributed by atoms with Gasteiger partial charge in [-0.1, -0.05) is 48.5 Å². The summed E-state index contributed by atoms with van der Waals surface area (Å²) in [5.41, 5.74) is 1.00. The van der Waals surface area contributed by atoms with E-state index in [0.29, 0.717) is 11.0 Å². The van der Waals surface area contributed by atoms with Crippen LogP contribution in [0, 0.1) is 0 Å². The Morgan fingerprint density at radius 1 is 0.900 bits per heavy atom. The molecule has 0 bridgehead atoms. The van der Waals surface area contributed by atoms with Gasteiger partial charge in [0.1, 0.15) is 5.58 Å². The van der Waals surface area contributed by atoms with Crippen LogP contribution in [0.4, 0.5) is 0 Å². The molecule has 0 atom stereocenters. The van der Waals surface area contributed by atoms with Crippen molar-refractivity contribution in [1.29, 1.82) is 0 Å². The molecular weight excluding hydrogens is 252 g/mol. The predicted molar refractivity (Wildman–Crippen MR) is 79.5 cm³/mol. The summed E-state index contributed by atoms with van der Waals surface area (Å²) >= 11 is 0. The van der Waals surface area contributed by atoms with Gasteiger partial charge in [-0.25, -0.2) is 0 Å². The molecule has 2 aromatic carbocycles. The zero-order valence-electron chi connectivity index (χ0n) is 10.6. The second-order valence-corrected chi connectivity index (χ2v) is 4.38. The predicted octanol–water partition coefficient (Wildman–Crippen LogP) is 3.67. The zero-order valence-corrected chi connectivity index (χ0v) is 10.6. The molecule has 0 fully saturated rings. The molecule has 0 aliphatic carbocycles. The van der Waals surface area contributed by atoms with Crippen LogP contribution in [-0.2, 0) is 0 Å². The molecule has 0 radical (unpaired) electrons. The van der Waals surface area contributed by atoms with Crippen LogP contribution >= 0.6 is 0 Å². The van der Waals surface area contributed by atoms with Crippen molar-refractivity contribution in [2.45, 2.75) is 0 Å². The van der Waals surface area contributed by atoms with Crippen LogP contribution in [0.3, 0.4) is 0 Å². The molecule has 0 amide bonds. The molecule has 0 spiro atoms. The summed E-state index contributed by atoms with van der Waals surface area (Å²) in [7, 11) is 0. The van der Waals surface area contributed by atoms with Gasteiger partial charge in [-0.05, 0) is 23.8 Å². The molecule has 1 N–H and O–H groups in total. The van der Waals surface area contributed by atoms with Gasteiger partial charge in [0.2, 0.25) is 11.2 Å². The normalized spacial score (nSPS) is 11.2. The van der Waals surface area contributed by atoms with Crippen molar-refractivity contribution in [1.82, 2.24) is 0 Å². The van der Waals surface area contributed by atoms with Crippen LogP contribution in [0.25, 0.3) is 23.1 Å². The summed E-state index contributed by atoms with van der Waals surface area (Å²) in [5.74, 6) is -0.201. The maximum atomic E-state index is 12.0. The lowest BCUT2D eigenvalue weighted by Crippen LogP contribution is -2.02. The smallest absolute Gasteiger partial charge is 0.235 e. The lowest BCUT2D eigenvalue weighted by molar-refractivity contribution is 0.438. The van der Waals surface area contributed by atoms with Crippen molar-refractivity contribution in [3.8, 4) is 5.75 Å². The fourth-order valence-corrected chi connectivity index (χ4v) is 2.00. The number of para-hydroxylation sites is 1. The Morgan fingerprint density at radius 3 is 2.40 bits per heavy atom. The maximum Gasteiger partial charge on any atom is 0.235 e. The standard InChI is InChI=1S/C17H12O3/c18-16-13-8-4-5-9-14(13)20-15(17(16)19)11-10-12-6-2-1-3-7-12/h1-11,19H. The van der Waals surface area contributed by atoms with Crippen molar-refractivity contribution in [2.75, 3.05) is 0 Å². The Balaban J connectivity index is 2.11. The first-order valence-electron chi connectivity index (χ1n) is 6.23. The Kier molecular flexibility index (Phi) is 3.09. The molecule has 0 unspecified atom stereocenters. The Labute approximate surface area is 115 Å². The summed E-state index contributed by atoms with van der Waals surface area (Å²) in [4.78, 5) is 12.0. The molecule has 0 saturated heterocycles. The van der Waals surface area contributed by atoms with Gasteiger partial charge >= 0.3 is 0 Å².